The maximum atomic E-state index is 10.8. The number of carbonyl (C=O) groups is 2. The number of Topliss-reactive ketones (excluding diaryl/α,β-unsaturated/α-hetero) is 1. The third-order valence-electron chi connectivity index (χ3n) is 1.68. The summed E-state index contributed by atoms with van der Waals surface area (Å²) in [4.78, 5) is 22.8. The number of carboxylic acid groups (broad SMARTS) is 1. The number of rotatable bonds is 4. The van der Waals surface area contributed by atoms with Crippen LogP contribution in [0.1, 0.15) is 27.7 Å². The molecule has 76 valence electrons. The Kier molecular flexibility index (Phi) is 4.07. The van der Waals surface area contributed by atoms with Crippen molar-refractivity contribution in [3.8, 4) is 0 Å². The lowest BCUT2D eigenvalue weighted by molar-refractivity contribution is -0.307. The number of nitrogens with zero attached hydrogens (tertiary/aromatic N) is 1. The molecule has 13 heavy (non-hydrogen) atoms. The molecule has 0 amide bonds. The summed E-state index contributed by atoms with van der Waals surface area (Å²) in [6, 6.07) is 0. The highest BCUT2D eigenvalue weighted by Crippen LogP contribution is 2.11. The zero-order valence-corrected chi connectivity index (χ0v) is 8.59. The van der Waals surface area contributed by atoms with Crippen LogP contribution in [0.15, 0.2) is 0 Å². The van der Waals surface area contributed by atoms with Crippen molar-refractivity contribution in [2.75, 3.05) is 13.1 Å². The molecule has 0 aromatic rings. The fourth-order valence-corrected chi connectivity index (χ4v) is 0.955. The summed E-state index contributed by atoms with van der Waals surface area (Å²) >= 11 is 0. The maximum absolute atomic E-state index is 10.8. The van der Waals surface area contributed by atoms with Gasteiger partial charge in [-0.1, -0.05) is 0 Å². The van der Waals surface area contributed by atoms with Crippen molar-refractivity contribution in [1.82, 2.24) is 4.90 Å². The van der Waals surface area contributed by atoms with Gasteiger partial charge < -0.3 is 9.90 Å². The van der Waals surface area contributed by atoms with Gasteiger partial charge in [0.15, 0.2) is 0 Å². The van der Waals surface area contributed by atoms with Gasteiger partial charge in [-0.15, -0.1) is 0 Å². The molecule has 0 aliphatic carbocycles. The summed E-state index contributed by atoms with van der Waals surface area (Å²) in [5.74, 6) is -1.20. The Hall–Kier alpha value is -0.900. The van der Waals surface area contributed by atoms with Crippen molar-refractivity contribution in [2.45, 2.75) is 33.2 Å². The van der Waals surface area contributed by atoms with Crippen LogP contribution >= 0.6 is 0 Å². The molecule has 0 spiro atoms. The lowest BCUT2D eigenvalue weighted by atomic mass is 10.1. The molecular formula is C9H16NO3-. The number of aliphatic carboxylic acids is 1. The van der Waals surface area contributed by atoms with Gasteiger partial charge in [0.2, 0.25) is 0 Å². The molecule has 0 saturated carbocycles. The van der Waals surface area contributed by atoms with Crippen LogP contribution in [0, 0.1) is 0 Å². The first-order valence-corrected chi connectivity index (χ1v) is 4.18. The quantitative estimate of drug-likeness (QED) is 0.589. The van der Waals surface area contributed by atoms with E-state index in [1.165, 1.54) is 6.92 Å². The van der Waals surface area contributed by atoms with Crippen molar-refractivity contribution in [2.24, 2.45) is 0 Å². The third-order valence-corrected chi connectivity index (χ3v) is 1.68. The standard InChI is InChI=1S/C9H17NO3/c1-7(11)5-10(6-8(12)13)9(2,3)4/h5-6H2,1-4H3,(H,12,13)/p-1. The normalized spacial score (nSPS) is 11.8. The van der Waals surface area contributed by atoms with Crippen LogP contribution in [-0.4, -0.2) is 35.3 Å². The number of carboxylic acids is 1. The third kappa shape index (κ3) is 5.36. The second-order valence-corrected chi connectivity index (χ2v) is 4.10. The van der Waals surface area contributed by atoms with Gasteiger partial charge in [0.05, 0.1) is 12.5 Å². The molecule has 0 N–H and O–H groups in total. The second-order valence-electron chi connectivity index (χ2n) is 4.10. The Labute approximate surface area is 78.5 Å². The van der Waals surface area contributed by atoms with Gasteiger partial charge in [0.1, 0.15) is 5.78 Å². The number of hydrogen-bond donors (Lipinski definition) is 0. The van der Waals surface area contributed by atoms with Gasteiger partial charge in [-0.2, -0.15) is 0 Å². The van der Waals surface area contributed by atoms with Gasteiger partial charge in [-0.05, 0) is 27.7 Å². The first-order valence-electron chi connectivity index (χ1n) is 4.18. The Morgan fingerprint density at radius 1 is 1.23 bits per heavy atom. The minimum Gasteiger partial charge on any atom is -0.549 e. The summed E-state index contributed by atoms with van der Waals surface area (Å²) in [5.41, 5.74) is -0.328. The van der Waals surface area contributed by atoms with Crippen molar-refractivity contribution in [3.63, 3.8) is 0 Å². The van der Waals surface area contributed by atoms with E-state index < -0.39 is 5.97 Å². The van der Waals surface area contributed by atoms with E-state index in [4.69, 9.17) is 0 Å². The van der Waals surface area contributed by atoms with Crippen LogP contribution in [-0.2, 0) is 9.59 Å². The Balaban J connectivity index is 4.37. The molecule has 0 heterocycles. The summed E-state index contributed by atoms with van der Waals surface area (Å²) in [7, 11) is 0. The number of hydrogen-bond acceptors (Lipinski definition) is 4. The predicted molar refractivity (Wildman–Crippen MR) is 47.0 cm³/mol. The summed E-state index contributed by atoms with van der Waals surface area (Å²) < 4.78 is 0. The minimum absolute atomic E-state index is 0.0452. The molecule has 0 saturated heterocycles. The minimum atomic E-state index is -1.16. The molecule has 0 aromatic heterocycles. The van der Waals surface area contributed by atoms with E-state index in [-0.39, 0.29) is 24.4 Å². The van der Waals surface area contributed by atoms with Crippen molar-refractivity contribution >= 4 is 11.8 Å². The van der Waals surface area contributed by atoms with Gasteiger partial charge in [0.25, 0.3) is 0 Å². The first kappa shape index (κ1) is 12.1. The molecule has 4 nitrogen and oxygen atoms in total. The first-order chi connectivity index (χ1) is 5.73. The molecule has 0 atom stereocenters. The Morgan fingerprint density at radius 3 is 1.92 bits per heavy atom. The molecule has 0 rings (SSSR count). The summed E-state index contributed by atoms with van der Waals surface area (Å²) in [5, 5.41) is 10.4. The molecule has 0 fully saturated rings. The Morgan fingerprint density at radius 2 is 1.69 bits per heavy atom. The zero-order chi connectivity index (χ0) is 10.6. The molecule has 4 heteroatoms. The fraction of sp³-hybridized carbons (Fsp3) is 0.778. The van der Waals surface area contributed by atoms with E-state index in [0.717, 1.165) is 0 Å². The van der Waals surface area contributed by atoms with Crippen LogP contribution in [0.2, 0.25) is 0 Å². The summed E-state index contributed by atoms with van der Waals surface area (Å²) in [6.07, 6.45) is 0. The number of carbonyl (C=O) groups excluding carboxylic acids is 2. The second kappa shape index (κ2) is 4.37. The average molecular weight is 186 g/mol. The van der Waals surface area contributed by atoms with E-state index in [1.54, 1.807) is 4.90 Å². The fourth-order valence-electron chi connectivity index (χ4n) is 0.955. The van der Waals surface area contributed by atoms with E-state index >= 15 is 0 Å². The van der Waals surface area contributed by atoms with Crippen LogP contribution in [0.3, 0.4) is 0 Å². The van der Waals surface area contributed by atoms with E-state index in [1.807, 2.05) is 20.8 Å². The Bertz CT molecular complexity index is 189. The van der Waals surface area contributed by atoms with Gasteiger partial charge in [-0.25, -0.2) is 0 Å². The molecule has 0 bridgehead atoms. The monoisotopic (exact) mass is 186 g/mol. The van der Waals surface area contributed by atoms with Gasteiger partial charge in [-0.3, -0.25) is 9.69 Å². The van der Waals surface area contributed by atoms with Crippen LogP contribution in [0.4, 0.5) is 0 Å². The molecule has 0 aromatic carbocycles. The van der Waals surface area contributed by atoms with Crippen LogP contribution in [0.25, 0.3) is 0 Å². The SMILES string of the molecule is CC(=O)CN(CC(=O)[O-])C(C)(C)C. The molecule has 0 aliphatic heterocycles. The van der Waals surface area contributed by atoms with E-state index in [0.29, 0.717) is 0 Å². The van der Waals surface area contributed by atoms with Crippen molar-refractivity contribution in [1.29, 1.82) is 0 Å². The highest BCUT2D eigenvalue weighted by atomic mass is 16.4. The zero-order valence-electron chi connectivity index (χ0n) is 8.59. The van der Waals surface area contributed by atoms with Crippen molar-refractivity contribution < 1.29 is 14.7 Å². The van der Waals surface area contributed by atoms with Gasteiger partial charge in [0, 0.05) is 12.1 Å². The lowest BCUT2D eigenvalue weighted by Crippen LogP contribution is -2.49. The molecule has 0 aliphatic rings. The van der Waals surface area contributed by atoms with Crippen LogP contribution < -0.4 is 5.11 Å². The lowest BCUT2D eigenvalue weighted by Gasteiger charge is -2.34. The molecule has 0 radical (unpaired) electrons. The van der Waals surface area contributed by atoms with E-state index in [2.05, 4.69) is 0 Å². The summed E-state index contributed by atoms with van der Waals surface area (Å²) in [6.45, 7) is 6.96. The highest BCUT2D eigenvalue weighted by Gasteiger charge is 2.21. The topological polar surface area (TPSA) is 60.4 Å². The average Bonchev–Trinajstić information content (AvgIpc) is 1.81. The smallest absolute Gasteiger partial charge is 0.143 e. The highest BCUT2D eigenvalue weighted by molar-refractivity contribution is 5.78. The number of ketones is 1. The van der Waals surface area contributed by atoms with Gasteiger partial charge >= 0.3 is 0 Å². The molecule has 0 unspecified atom stereocenters. The largest absolute Gasteiger partial charge is 0.549 e. The molecular weight excluding hydrogens is 170 g/mol. The van der Waals surface area contributed by atoms with Crippen LogP contribution in [0.5, 0.6) is 0 Å². The maximum Gasteiger partial charge on any atom is 0.143 e. The van der Waals surface area contributed by atoms with Crippen molar-refractivity contribution in [3.05, 3.63) is 0 Å². The predicted octanol–water partition coefficient (Wildman–Crippen LogP) is -0.574. The van der Waals surface area contributed by atoms with E-state index in [9.17, 15) is 14.7 Å².